The lowest BCUT2D eigenvalue weighted by molar-refractivity contribution is -0.117. The molecule has 0 aliphatic heterocycles. The van der Waals surface area contributed by atoms with Gasteiger partial charge in [-0.05, 0) is 43.2 Å². The van der Waals surface area contributed by atoms with Crippen LogP contribution in [0.5, 0.6) is 5.75 Å². The fourth-order valence-corrected chi connectivity index (χ4v) is 2.09. The normalized spacial score (nSPS) is 12.1. The van der Waals surface area contributed by atoms with E-state index in [9.17, 15) is 4.79 Å². The molecular formula is C19H21NO2. The van der Waals surface area contributed by atoms with Crippen LogP contribution in [0.1, 0.15) is 29.7 Å². The predicted octanol–water partition coefficient (Wildman–Crippen LogP) is 3.89. The van der Waals surface area contributed by atoms with Gasteiger partial charge in [0, 0.05) is 6.08 Å². The molecule has 3 heteroatoms. The number of rotatable bonds is 5. The summed E-state index contributed by atoms with van der Waals surface area (Å²) < 4.78 is 5.10. The third-order valence-electron chi connectivity index (χ3n) is 3.48. The Hall–Kier alpha value is -2.55. The smallest absolute Gasteiger partial charge is 0.244 e. The summed E-state index contributed by atoms with van der Waals surface area (Å²) in [7, 11) is 1.63. The van der Waals surface area contributed by atoms with Gasteiger partial charge in [0.15, 0.2) is 0 Å². The highest BCUT2D eigenvalue weighted by molar-refractivity contribution is 5.91. The quantitative estimate of drug-likeness (QED) is 0.850. The minimum atomic E-state index is -0.108. The maximum Gasteiger partial charge on any atom is 0.244 e. The van der Waals surface area contributed by atoms with Gasteiger partial charge in [-0.2, -0.15) is 0 Å². The minimum absolute atomic E-state index is 0.0198. The van der Waals surface area contributed by atoms with Crippen LogP contribution in [-0.4, -0.2) is 13.0 Å². The molecule has 0 saturated carbocycles. The second-order valence-corrected chi connectivity index (χ2v) is 5.25. The van der Waals surface area contributed by atoms with Crippen LogP contribution in [-0.2, 0) is 4.79 Å². The molecule has 114 valence electrons. The van der Waals surface area contributed by atoms with Crippen LogP contribution in [0.4, 0.5) is 0 Å². The van der Waals surface area contributed by atoms with Gasteiger partial charge in [-0.25, -0.2) is 0 Å². The number of amides is 1. The molecule has 0 bridgehead atoms. The predicted molar refractivity (Wildman–Crippen MR) is 89.8 cm³/mol. The molecule has 1 unspecified atom stereocenters. The summed E-state index contributed by atoms with van der Waals surface area (Å²) in [5, 5.41) is 2.96. The Morgan fingerprint density at radius 2 is 1.73 bits per heavy atom. The lowest BCUT2D eigenvalue weighted by Crippen LogP contribution is -2.24. The molecule has 0 spiro atoms. The molecule has 2 aromatic rings. The number of methoxy groups -OCH3 is 1. The van der Waals surface area contributed by atoms with E-state index in [-0.39, 0.29) is 11.9 Å². The largest absolute Gasteiger partial charge is 0.497 e. The molecule has 0 aliphatic carbocycles. The highest BCUT2D eigenvalue weighted by atomic mass is 16.5. The number of carbonyl (C=O) groups excluding carboxylic acids is 1. The summed E-state index contributed by atoms with van der Waals surface area (Å²) in [5.74, 6) is 0.693. The van der Waals surface area contributed by atoms with Gasteiger partial charge in [0.05, 0.1) is 13.2 Å². The molecule has 1 atom stereocenters. The van der Waals surface area contributed by atoms with Crippen molar-refractivity contribution in [3.63, 3.8) is 0 Å². The summed E-state index contributed by atoms with van der Waals surface area (Å²) in [4.78, 5) is 12.0. The van der Waals surface area contributed by atoms with Crippen molar-refractivity contribution in [1.82, 2.24) is 5.32 Å². The Balaban J connectivity index is 1.93. The lowest BCUT2D eigenvalue weighted by atomic mass is 10.1. The van der Waals surface area contributed by atoms with Crippen LogP contribution >= 0.6 is 0 Å². The van der Waals surface area contributed by atoms with Gasteiger partial charge in [0.25, 0.3) is 0 Å². The maximum absolute atomic E-state index is 12.0. The molecule has 0 saturated heterocycles. The highest BCUT2D eigenvalue weighted by Gasteiger charge is 2.06. The van der Waals surface area contributed by atoms with E-state index in [4.69, 9.17) is 4.74 Å². The summed E-state index contributed by atoms with van der Waals surface area (Å²) in [6.07, 6.45) is 3.34. The Morgan fingerprint density at radius 3 is 2.32 bits per heavy atom. The van der Waals surface area contributed by atoms with E-state index in [0.717, 1.165) is 16.9 Å². The van der Waals surface area contributed by atoms with Crippen molar-refractivity contribution in [2.45, 2.75) is 19.9 Å². The minimum Gasteiger partial charge on any atom is -0.497 e. The van der Waals surface area contributed by atoms with E-state index in [1.54, 1.807) is 19.3 Å². The van der Waals surface area contributed by atoms with Gasteiger partial charge < -0.3 is 10.1 Å². The first kappa shape index (κ1) is 15.8. The van der Waals surface area contributed by atoms with Crippen molar-refractivity contribution in [1.29, 1.82) is 0 Å². The molecule has 1 N–H and O–H groups in total. The molecule has 22 heavy (non-hydrogen) atoms. The van der Waals surface area contributed by atoms with Crippen molar-refractivity contribution in [2.75, 3.05) is 7.11 Å². The molecule has 2 rings (SSSR count). The number of aryl methyl sites for hydroxylation is 1. The van der Waals surface area contributed by atoms with Crippen LogP contribution in [0.15, 0.2) is 54.6 Å². The first-order valence-corrected chi connectivity index (χ1v) is 7.27. The average molecular weight is 295 g/mol. The second kappa shape index (κ2) is 7.46. The molecular weight excluding hydrogens is 274 g/mol. The van der Waals surface area contributed by atoms with E-state index in [0.29, 0.717) is 0 Å². The van der Waals surface area contributed by atoms with Crippen LogP contribution in [0.2, 0.25) is 0 Å². The standard InChI is InChI=1S/C19H21NO2/c1-14-4-9-17(10-5-14)15(2)20-19(21)13-8-16-6-11-18(22-3)12-7-16/h4-13,15H,1-3H3,(H,20,21)/b13-8+. The fraction of sp³-hybridized carbons (Fsp3) is 0.211. The fourth-order valence-electron chi connectivity index (χ4n) is 2.09. The van der Waals surface area contributed by atoms with E-state index < -0.39 is 0 Å². The molecule has 0 heterocycles. The Kier molecular flexibility index (Phi) is 5.37. The van der Waals surface area contributed by atoms with E-state index in [2.05, 4.69) is 5.32 Å². The third-order valence-corrected chi connectivity index (χ3v) is 3.48. The number of carbonyl (C=O) groups is 1. The molecule has 0 aromatic heterocycles. The molecule has 0 aliphatic rings. The average Bonchev–Trinajstić information content (AvgIpc) is 2.54. The van der Waals surface area contributed by atoms with Crippen molar-refractivity contribution in [2.24, 2.45) is 0 Å². The van der Waals surface area contributed by atoms with Crippen LogP contribution in [0.25, 0.3) is 6.08 Å². The topological polar surface area (TPSA) is 38.3 Å². The number of hydrogen-bond donors (Lipinski definition) is 1. The number of hydrogen-bond acceptors (Lipinski definition) is 2. The van der Waals surface area contributed by atoms with Gasteiger partial charge in [0.2, 0.25) is 5.91 Å². The number of nitrogens with one attached hydrogen (secondary N) is 1. The third kappa shape index (κ3) is 4.48. The Bertz CT molecular complexity index is 642. The van der Waals surface area contributed by atoms with E-state index in [1.807, 2.05) is 62.4 Å². The van der Waals surface area contributed by atoms with E-state index in [1.165, 1.54) is 5.56 Å². The molecule has 3 nitrogen and oxygen atoms in total. The van der Waals surface area contributed by atoms with Crippen molar-refractivity contribution in [3.8, 4) is 5.75 Å². The molecule has 1 amide bonds. The van der Waals surface area contributed by atoms with Gasteiger partial charge in [-0.1, -0.05) is 42.0 Å². The number of ether oxygens (including phenoxy) is 1. The van der Waals surface area contributed by atoms with Gasteiger partial charge in [-0.15, -0.1) is 0 Å². The number of benzene rings is 2. The summed E-state index contributed by atoms with van der Waals surface area (Å²) in [5.41, 5.74) is 3.26. The zero-order valence-electron chi connectivity index (χ0n) is 13.2. The zero-order valence-corrected chi connectivity index (χ0v) is 13.2. The Morgan fingerprint density at radius 1 is 1.09 bits per heavy atom. The van der Waals surface area contributed by atoms with Gasteiger partial charge >= 0.3 is 0 Å². The summed E-state index contributed by atoms with van der Waals surface area (Å²) >= 11 is 0. The zero-order chi connectivity index (χ0) is 15.9. The van der Waals surface area contributed by atoms with Gasteiger partial charge in [0.1, 0.15) is 5.75 Å². The van der Waals surface area contributed by atoms with E-state index >= 15 is 0 Å². The molecule has 2 aromatic carbocycles. The van der Waals surface area contributed by atoms with Crippen molar-refractivity contribution < 1.29 is 9.53 Å². The monoisotopic (exact) mass is 295 g/mol. The second-order valence-electron chi connectivity index (χ2n) is 5.25. The summed E-state index contributed by atoms with van der Waals surface area (Å²) in [6.45, 7) is 4.02. The lowest BCUT2D eigenvalue weighted by Gasteiger charge is -2.13. The first-order valence-electron chi connectivity index (χ1n) is 7.27. The van der Waals surface area contributed by atoms with Crippen molar-refractivity contribution in [3.05, 3.63) is 71.3 Å². The molecule has 0 radical (unpaired) electrons. The van der Waals surface area contributed by atoms with Crippen LogP contribution in [0.3, 0.4) is 0 Å². The van der Waals surface area contributed by atoms with Crippen molar-refractivity contribution >= 4 is 12.0 Å². The maximum atomic E-state index is 12.0. The SMILES string of the molecule is COc1ccc(/C=C/C(=O)NC(C)c2ccc(C)cc2)cc1. The van der Waals surface area contributed by atoms with Crippen LogP contribution < -0.4 is 10.1 Å². The summed E-state index contributed by atoms with van der Waals surface area (Å²) in [6, 6.07) is 15.7. The molecule has 0 fully saturated rings. The van der Waals surface area contributed by atoms with Crippen LogP contribution in [0, 0.1) is 6.92 Å². The Labute approximate surface area is 131 Å². The van der Waals surface area contributed by atoms with Gasteiger partial charge in [-0.3, -0.25) is 4.79 Å². The highest BCUT2D eigenvalue weighted by Crippen LogP contribution is 2.14. The first-order chi connectivity index (χ1) is 10.6.